The molecule has 2 heterocycles. The topological polar surface area (TPSA) is 65.4 Å². The summed E-state index contributed by atoms with van der Waals surface area (Å²) >= 11 is 0. The van der Waals surface area contributed by atoms with Crippen LogP contribution in [0.4, 0.5) is 0 Å². The Hall–Kier alpha value is -1.66. The number of para-hydroxylation sites is 1. The fourth-order valence-corrected chi connectivity index (χ4v) is 3.00. The van der Waals surface area contributed by atoms with Crippen molar-refractivity contribution in [2.75, 3.05) is 12.9 Å². The molecule has 0 saturated carbocycles. The third-order valence-electron chi connectivity index (χ3n) is 3.33. The number of hydrogen-bond donors (Lipinski definition) is 0. The monoisotopic (exact) mass is 279 g/mol. The Balaban J connectivity index is 2.08. The summed E-state index contributed by atoms with van der Waals surface area (Å²) in [5, 5.41) is 0.985. The molecular weight excluding hydrogens is 266 g/mol. The van der Waals surface area contributed by atoms with Crippen molar-refractivity contribution in [2.45, 2.75) is 12.5 Å². The number of aromatic nitrogens is 1. The van der Waals surface area contributed by atoms with Crippen molar-refractivity contribution in [1.82, 2.24) is 4.57 Å². The summed E-state index contributed by atoms with van der Waals surface area (Å²) < 4.78 is 28.6. The molecule has 0 spiro atoms. The highest BCUT2D eigenvalue weighted by Gasteiger charge is 2.26. The van der Waals surface area contributed by atoms with E-state index in [1.54, 1.807) is 10.6 Å². The first-order chi connectivity index (χ1) is 8.96. The Bertz CT molecular complexity index is 807. The lowest BCUT2D eigenvalue weighted by Gasteiger charge is -2.13. The van der Waals surface area contributed by atoms with Crippen molar-refractivity contribution in [3.05, 3.63) is 46.2 Å². The number of hydrogen-bond acceptors (Lipinski definition) is 4. The lowest BCUT2D eigenvalue weighted by Crippen LogP contribution is -2.25. The lowest BCUT2D eigenvalue weighted by atomic mass is 10.1. The third-order valence-corrected chi connectivity index (χ3v) is 3.89. The first-order valence-electron chi connectivity index (χ1n) is 5.93. The molecule has 0 aliphatic carbocycles. The Morgan fingerprint density at radius 2 is 2.11 bits per heavy atom. The minimum absolute atomic E-state index is 0.00741. The molecule has 1 atom stereocenters. The fourth-order valence-electron chi connectivity index (χ4n) is 2.60. The van der Waals surface area contributed by atoms with Crippen LogP contribution in [-0.2, 0) is 20.7 Å². The highest BCUT2D eigenvalue weighted by Crippen LogP contribution is 2.30. The summed E-state index contributed by atoms with van der Waals surface area (Å²) in [5.74, 6) is 0. The van der Waals surface area contributed by atoms with E-state index in [1.807, 2.05) is 18.2 Å². The van der Waals surface area contributed by atoms with E-state index in [-0.39, 0.29) is 18.2 Å². The van der Waals surface area contributed by atoms with E-state index in [4.69, 9.17) is 4.18 Å². The molecule has 0 N–H and O–H groups in total. The van der Waals surface area contributed by atoms with E-state index in [0.717, 1.165) is 22.7 Å². The number of pyridine rings is 1. The molecule has 1 unspecified atom stereocenters. The second-order valence-electron chi connectivity index (χ2n) is 4.74. The van der Waals surface area contributed by atoms with Crippen LogP contribution in [0.5, 0.6) is 0 Å². The molecule has 1 aromatic carbocycles. The van der Waals surface area contributed by atoms with Crippen LogP contribution in [0.25, 0.3) is 10.9 Å². The van der Waals surface area contributed by atoms with Gasteiger partial charge in [0.1, 0.15) is 0 Å². The van der Waals surface area contributed by atoms with Gasteiger partial charge >= 0.3 is 0 Å². The molecule has 1 aliphatic heterocycles. The average molecular weight is 279 g/mol. The summed E-state index contributed by atoms with van der Waals surface area (Å²) in [7, 11) is -3.50. The van der Waals surface area contributed by atoms with Crippen molar-refractivity contribution in [3.63, 3.8) is 0 Å². The molecule has 0 radical (unpaired) electrons. The smallest absolute Gasteiger partial charge is 0.264 e. The second-order valence-corrected chi connectivity index (χ2v) is 6.39. The van der Waals surface area contributed by atoms with Gasteiger partial charge in [0.15, 0.2) is 0 Å². The van der Waals surface area contributed by atoms with Gasteiger partial charge in [0.05, 0.1) is 24.4 Å². The molecule has 19 heavy (non-hydrogen) atoms. The minimum Gasteiger partial charge on any atom is -0.302 e. The summed E-state index contributed by atoms with van der Waals surface area (Å²) in [6, 6.07) is 8.87. The van der Waals surface area contributed by atoms with Crippen LogP contribution >= 0.6 is 0 Å². The maximum atomic E-state index is 12.0. The Labute approximate surface area is 110 Å². The van der Waals surface area contributed by atoms with Crippen molar-refractivity contribution in [3.8, 4) is 0 Å². The van der Waals surface area contributed by atoms with Gasteiger partial charge < -0.3 is 4.57 Å². The number of benzene rings is 1. The van der Waals surface area contributed by atoms with E-state index in [9.17, 15) is 13.2 Å². The molecule has 0 fully saturated rings. The second kappa shape index (κ2) is 4.18. The Kier molecular flexibility index (Phi) is 2.72. The van der Waals surface area contributed by atoms with Crippen molar-refractivity contribution < 1.29 is 12.6 Å². The normalized spacial score (nSPS) is 18.1. The first-order valence-corrected chi connectivity index (χ1v) is 7.75. The molecule has 3 rings (SSSR count). The van der Waals surface area contributed by atoms with Crippen LogP contribution in [0, 0.1) is 0 Å². The molecule has 6 heteroatoms. The third kappa shape index (κ3) is 2.17. The summed E-state index contributed by atoms with van der Waals surface area (Å²) in [6.07, 6.45) is 1.63. The zero-order valence-electron chi connectivity index (χ0n) is 10.4. The van der Waals surface area contributed by atoms with Crippen LogP contribution in [0.1, 0.15) is 11.6 Å². The molecule has 100 valence electrons. The zero-order valence-corrected chi connectivity index (χ0v) is 11.2. The molecule has 0 bridgehead atoms. The van der Waals surface area contributed by atoms with E-state index in [1.165, 1.54) is 6.07 Å². The van der Waals surface area contributed by atoms with Gasteiger partial charge in [-0.25, -0.2) is 0 Å². The van der Waals surface area contributed by atoms with Gasteiger partial charge in [-0.3, -0.25) is 8.98 Å². The predicted octanol–water partition coefficient (Wildman–Crippen LogP) is 1.07. The summed E-state index contributed by atoms with van der Waals surface area (Å²) in [4.78, 5) is 12.0. The van der Waals surface area contributed by atoms with Gasteiger partial charge in [0.2, 0.25) is 0 Å². The highest BCUT2D eigenvalue weighted by molar-refractivity contribution is 7.85. The van der Waals surface area contributed by atoms with Gasteiger partial charge in [-0.15, -0.1) is 0 Å². The van der Waals surface area contributed by atoms with E-state index >= 15 is 0 Å². The Morgan fingerprint density at radius 1 is 1.32 bits per heavy atom. The van der Waals surface area contributed by atoms with Gasteiger partial charge in [0, 0.05) is 6.07 Å². The quantitative estimate of drug-likeness (QED) is 0.788. The van der Waals surface area contributed by atoms with Crippen molar-refractivity contribution in [1.29, 1.82) is 0 Å². The van der Waals surface area contributed by atoms with Gasteiger partial charge in [-0.1, -0.05) is 18.2 Å². The van der Waals surface area contributed by atoms with Gasteiger partial charge in [-0.2, -0.15) is 8.42 Å². The largest absolute Gasteiger partial charge is 0.302 e. The first kappa shape index (κ1) is 12.4. The maximum absolute atomic E-state index is 12.0. The lowest BCUT2D eigenvalue weighted by molar-refractivity contribution is 0.262. The highest BCUT2D eigenvalue weighted by atomic mass is 32.2. The summed E-state index contributed by atoms with van der Waals surface area (Å²) in [5.41, 5.74) is 1.81. The molecule has 2 aromatic rings. The SMILES string of the molecule is CS(=O)(=O)OCC1Cc2cccc3ccc(=O)n1c23. The van der Waals surface area contributed by atoms with Crippen LogP contribution in [-0.4, -0.2) is 25.8 Å². The standard InChI is InChI=1S/C13H13NO4S/c1-19(16,17)18-8-11-7-10-4-2-3-9-5-6-12(15)14(11)13(9)10/h2-6,11H,7-8H2,1H3. The van der Waals surface area contributed by atoms with E-state index in [2.05, 4.69) is 0 Å². The minimum atomic E-state index is -3.50. The van der Waals surface area contributed by atoms with Crippen LogP contribution < -0.4 is 5.56 Å². The average Bonchev–Trinajstić information content (AvgIpc) is 2.71. The number of nitrogens with zero attached hydrogens (tertiary/aromatic N) is 1. The Morgan fingerprint density at radius 3 is 2.84 bits per heavy atom. The van der Waals surface area contributed by atoms with E-state index < -0.39 is 10.1 Å². The molecular formula is C13H13NO4S. The van der Waals surface area contributed by atoms with Crippen molar-refractivity contribution in [2.24, 2.45) is 0 Å². The van der Waals surface area contributed by atoms with Crippen molar-refractivity contribution >= 4 is 21.0 Å². The molecule has 1 aromatic heterocycles. The summed E-state index contributed by atoms with van der Waals surface area (Å²) in [6.45, 7) is -0.00741. The van der Waals surface area contributed by atoms with E-state index in [0.29, 0.717) is 6.42 Å². The molecule has 0 saturated heterocycles. The number of rotatable bonds is 3. The van der Waals surface area contributed by atoms with Crippen LogP contribution in [0.2, 0.25) is 0 Å². The molecule has 5 nitrogen and oxygen atoms in total. The van der Waals surface area contributed by atoms with Gasteiger partial charge in [-0.05, 0) is 23.4 Å². The molecule has 1 aliphatic rings. The maximum Gasteiger partial charge on any atom is 0.264 e. The fraction of sp³-hybridized carbons (Fsp3) is 0.308. The zero-order chi connectivity index (χ0) is 13.6. The molecule has 0 amide bonds. The van der Waals surface area contributed by atoms with Crippen LogP contribution in [0.3, 0.4) is 0 Å². The van der Waals surface area contributed by atoms with Crippen LogP contribution in [0.15, 0.2) is 35.1 Å². The predicted molar refractivity (Wildman–Crippen MR) is 71.7 cm³/mol. The van der Waals surface area contributed by atoms with Gasteiger partial charge in [0.25, 0.3) is 15.7 Å².